The number of imidazole rings is 1. The zero-order valence-electron chi connectivity index (χ0n) is 26.1. The molecular weight excluding hydrogens is 448 g/mol. The Bertz CT molecular complexity index is 578. The summed E-state index contributed by atoms with van der Waals surface area (Å²) in [7, 11) is 0. The van der Waals surface area contributed by atoms with Crippen LogP contribution in [0.15, 0.2) is 12.4 Å². The Hall–Kier alpha value is -0.790. The van der Waals surface area contributed by atoms with Crippen molar-refractivity contribution in [2.24, 2.45) is 0 Å². The van der Waals surface area contributed by atoms with E-state index in [0.717, 1.165) is 0 Å². The van der Waals surface area contributed by atoms with Gasteiger partial charge < -0.3 is 0 Å². The van der Waals surface area contributed by atoms with E-state index in [1.807, 2.05) is 0 Å². The summed E-state index contributed by atoms with van der Waals surface area (Å²) in [5.41, 5.74) is 0. The number of nitrogens with zero attached hydrogens (tertiary/aromatic N) is 1. The molecule has 0 saturated heterocycles. The van der Waals surface area contributed by atoms with Crippen molar-refractivity contribution in [3.05, 3.63) is 18.2 Å². The number of rotatable bonds is 28. The summed E-state index contributed by atoms with van der Waals surface area (Å²) in [4.78, 5) is 3.68. The monoisotopic (exact) mass is 518 g/mol. The number of aromatic nitrogens is 2. The van der Waals surface area contributed by atoms with Crippen molar-refractivity contribution in [3.63, 3.8) is 0 Å². The van der Waals surface area contributed by atoms with E-state index in [4.69, 9.17) is 0 Å². The molecule has 0 aromatic carbocycles. The molecule has 0 fully saturated rings. The first-order chi connectivity index (χ1) is 18.2. The van der Waals surface area contributed by atoms with E-state index in [1.54, 1.807) is 0 Å². The zero-order valence-corrected chi connectivity index (χ0v) is 26.1. The lowest BCUT2D eigenvalue weighted by atomic mass is 9.93. The minimum absolute atomic E-state index is 0.623. The standard InChI is InChI=1S/C35H68N2/c1-5-8-11-13-15-16-17-18-19-20-21-22-23-25-27-30-34(29-10-7-3)35-36-31-32-37(35)33(4)28-26-24-14-12-9-6-2/h31-34H,5-30H2,1-4H3/p+1. The van der Waals surface area contributed by atoms with Crippen LogP contribution < -0.4 is 4.57 Å². The lowest BCUT2D eigenvalue weighted by Crippen LogP contribution is -2.41. The van der Waals surface area contributed by atoms with Crippen molar-refractivity contribution in [3.8, 4) is 0 Å². The first kappa shape index (κ1) is 34.2. The van der Waals surface area contributed by atoms with Crippen LogP contribution in [-0.4, -0.2) is 4.98 Å². The van der Waals surface area contributed by atoms with Crippen molar-refractivity contribution in [2.45, 2.75) is 207 Å². The Labute approximate surface area is 234 Å². The maximum Gasteiger partial charge on any atom is 0.257 e. The van der Waals surface area contributed by atoms with E-state index < -0.39 is 0 Å². The molecule has 0 aliphatic rings. The largest absolute Gasteiger partial charge is 0.257 e. The van der Waals surface area contributed by atoms with Crippen LogP contribution in [0.3, 0.4) is 0 Å². The summed E-state index contributed by atoms with van der Waals surface area (Å²) in [6.07, 6.45) is 41.3. The maximum absolute atomic E-state index is 3.68. The first-order valence-electron chi connectivity index (χ1n) is 17.3. The summed E-state index contributed by atoms with van der Waals surface area (Å²) in [6.45, 7) is 9.39. The van der Waals surface area contributed by atoms with Gasteiger partial charge in [0.15, 0.2) is 0 Å². The SMILES string of the molecule is CCCCCCCCCCCCCCCCCC(CCCC)c1[nH]cc[n+]1C(C)CCCCCCCC. The van der Waals surface area contributed by atoms with Gasteiger partial charge >= 0.3 is 0 Å². The number of unbranched alkanes of at least 4 members (excludes halogenated alkanes) is 20. The first-order valence-corrected chi connectivity index (χ1v) is 17.3. The second kappa shape index (κ2) is 25.5. The molecule has 0 radical (unpaired) electrons. The molecule has 37 heavy (non-hydrogen) atoms. The molecule has 1 aromatic rings. The van der Waals surface area contributed by atoms with Crippen LogP contribution in [0.1, 0.15) is 212 Å². The molecule has 0 aliphatic heterocycles. The van der Waals surface area contributed by atoms with Crippen LogP contribution in [0.4, 0.5) is 0 Å². The van der Waals surface area contributed by atoms with Crippen LogP contribution in [-0.2, 0) is 0 Å². The highest BCUT2D eigenvalue weighted by Crippen LogP contribution is 2.26. The predicted octanol–water partition coefficient (Wildman–Crippen LogP) is 12.1. The van der Waals surface area contributed by atoms with Gasteiger partial charge in [0, 0.05) is 0 Å². The van der Waals surface area contributed by atoms with Crippen LogP contribution >= 0.6 is 0 Å². The Morgan fingerprint density at radius 3 is 1.35 bits per heavy atom. The molecule has 2 unspecified atom stereocenters. The molecule has 1 N–H and O–H groups in total. The van der Waals surface area contributed by atoms with Gasteiger partial charge in [0.2, 0.25) is 0 Å². The van der Waals surface area contributed by atoms with Gasteiger partial charge in [-0.2, -0.15) is 0 Å². The van der Waals surface area contributed by atoms with Crippen LogP contribution in [0, 0.1) is 0 Å². The minimum atomic E-state index is 0.623. The van der Waals surface area contributed by atoms with Gasteiger partial charge in [-0.15, -0.1) is 0 Å². The smallest absolute Gasteiger partial charge is 0.247 e. The molecule has 0 bridgehead atoms. The summed E-state index contributed by atoms with van der Waals surface area (Å²) in [5, 5.41) is 0. The Morgan fingerprint density at radius 2 is 0.892 bits per heavy atom. The number of hydrogen-bond acceptors (Lipinski definition) is 0. The Morgan fingerprint density at radius 1 is 0.514 bits per heavy atom. The number of hydrogen-bond donors (Lipinski definition) is 1. The Kier molecular flexibility index (Phi) is 23.6. The Balaban J connectivity index is 2.20. The van der Waals surface area contributed by atoms with Gasteiger partial charge in [-0.3, -0.25) is 0 Å². The lowest BCUT2D eigenvalue weighted by molar-refractivity contribution is -0.727. The summed E-state index contributed by atoms with van der Waals surface area (Å²) in [6, 6.07) is 0.623. The minimum Gasteiger partial charge on any atom is -0.247 e. The highest BCUT2D eigenvalue weighted by Gasteiger charge is 2.25. The molecule has 0 amide bonds. The fraction of sp³-hybridized carbons (Fsp3) is 0.914. The predicted molar refractivity (Wildman–Crippen MR) is 166 cm³/mol. The van der Waals surface area contributed by atoms with Gasteiger partial charge in [0.05, 0.1) is 12.0 Å². The van der Waals surface area contributed by atoms with Gasteiger partial charge in [-0.1, -0.05) is 162 Å². The number of nitrogens with one attached hydrogen (secondary N) is 1. The lowest BCUT2D eigenvalue weighted by Gasteiger charge is -2.17. The summed E-state index contributed by atoms with van der Waals surface area (Å²) < 4.78 is 2.59. The molecule has 0 spiro atoms. The van der Waals surface area contributed by atoms with E-state index in [0.29, 0.717) is 12.0 Å². The van der Waals surface area contributed by atoms with Crippen LogP contribution in [0.25, 0.3) is 0 Å². The fourth-order valence-electron chi connectivity index (χ4n) is 6.06. The fourth-order valence-corrected chi connectivity index (χ4v) is 6.06. The van der Waals surface area contributed by atoms with E-state index in [9.17, 15) is 0 Å². The molecule has 0 aliphatic carbocycles. The van der Waals surface area contributed by atoms with Gasteiger partial charge in [0.25, 0.3) is 5.82 Å². The third kappa shape index (κ3) is 18.2. The van der Waals surface area contributed by atoms with Gasteiger partial charge in [-0.25, -0.2) is 9.55 Å². The highest BCUT2D eigenvalue weighted by atomic mass is 15.1. The topological polar surface area (TPSA) is 19.7 Å². The van der Waals surface area contributed by atoms with Gasteiger partial charge in [0.1, 0.15) is 12.4 Å². The van der Waals surface area contributed by atoms with Crippen molar-refractivity contribution in [2.75, 3.05) is 0 Å². The molecular formula is C35H69N2+. The van der Waals surface area contributed by atoms with E-state index in [-0.39, 0.29) is 0 Å². The molecule has 0 saturated carbocycles. The second-order valence-electron chi connectivity index (χ2n) is 12.2. The highest BCUT2D eigenvalue weighted by molar-refractivity contribution is 4.90. The molecule has 1 rings (SSSR count). The maximum atomic E-state index is 3.68. The number of H-pyrrole nitrogens is 1. The number of aromatic amines is 1. The molecule has 2 heteroatoms. The average molecular weight is 518 g/mol. The molecule has 1 heterocycles. The average Bonchev–Trinajstić information content (AvgIpc) is 3.40. The normalized spacial score (nSPS) is 13.3. The molecule has 2 nitrogen and oxygen atoms in total. The summed E-state index contributed by atoms with van der Waals surface area (Å²) in [5.74, 6) is 2.22. The molecule has 1 aromatic heterocycles. The third-order valence-corrected chi connectivity index (χ3v) is 8.64. The van der Waals surface area contributed by atoms with E-state index >= 15 is 0 Å². The molecule has 2 atom stereocenters. The van der Waals surface area contributed by atoms with E-state index in [2.05, 4.69) is 49.6 Å². The second-order valence-corrected chi connectivity index (χ2v) is 12.2. The van der Waals surface area contributed by atoms with Gasteiger partial charge in [-0.05, 0) is 32.6 Å². The zero-order chi connectivity index (χ0) is 26.8. The van der Waals surface area contributed by atoms with Crippen LogP contribution in [0.5, 0.6) is 0 Å². The quantitative estimate of drug-likeness (QED) is 0.0842. The van der Waals surface area contributed by atoms with E-state index in [1.165, 1.54) is 173 Å². The van der Waals surface area contributed by atoms with Crippen molar-refractivity contribution in [1.82, 2.24) is 4.98 Å². The van der Waals surface area contributed by atoms with Crippen molar-refractivity contribution in [1.29, 1.82) is 0 Å². The van der Waals surface area contributed by atoms with Crippen LogP contribution in [0.2, 0.25) is 0 Å². The van der Waals surface area contributed by atoms with Crippen molar-refractivity contribution >= 4 is 0 Å². The van der Waals surface area contributed by atoms with Crippen molar-refractivity contribution < 1.29 is 4.57 Å². The summed E-state index contributed by atoms with van der Waals surface area (Å²) >= 11 is 0. The third-order valence-electron chi connectivity index (χ3n) is 8.64. The molecule has 218 valence electrons.